The van der Waals surface area contributed by atoms with Gasteiger partial charge in [-0.3, -0.25) is 19.2 Å². The number of aliphatic hydroxyl groups is 2. The Hall–Kier alpha value is -2.77. The van der Waals surface area contributed by atoms with Gasteiger partial charge in [0.15, 0.2) is 0 Å². The van der Waals surface area contributed by atoms with E-state index in [2.05, 4.69) is 5.32 Å². The Morgan fingerprint density at radius 2 is 1.50 bits per heavy atom. The van der Waals surface area contributed by atoms with E-state index in [1.54, 1.807) is 0 Å². The number of carbonyl (C=O) groups is 5. The first kappa shape index (κ1) is 23.2. The van der Waals surface area contributed by atoms with Crippen molar-refractivity contribution in [2.75, 3.05) is 13.2 Å². The minimum Gasteiger partial charge on any atom is -0.481 e. The van der Waals surface area contributed by atoms with Gasteiger partial charge in [0.2, 0.25) is 17.7 Å². The molecular weight excluding hydrogens is 356 g/mol. The van der Waals surface area contributed by atoms with Crippen LogP contribution in [0.4, 0.5) is 0 Å². The molecule has 0 aliphatic carbocycles. The van der Waals surface area contributed by atoms with Crippen LogP contribution < -0.4 is 21.7 Å². The highest BCUT2D eigenvalue weighted by atomic mass is 16.4. The van der Waals surface area contributed by atoms with Crippen LogP contribution in [0.25, 0.3) is 0 Å². The van der Waals surface area contributed by atoms with Crippen LogP contribution in [0.5, 0.6) is 0 Å². The molecule has 0 heterocycles. The molecule has 13 heteroatoms. The topological polar surface area (TPSA) is 228 Å². The van der Waals surface area contributed by atoms with E-state index in [1.165, 1.54) is 6.92 Å². The quantitative estimate of drug-likeness (QED) is 0.171. The number of nitrogens with two attached hydrogens (primary N) is 1. The highest BCUT2D eigenvalue weighted by Crippen LogP contribution is 2.00. The maximum absolute atomic E-state index is 12.2. The van der Waals surface area contributed by atoms with Gasteiger partial charge in [-0.1, -0.05) is 0 Å². The second kappa shape index (κ2) is 11.0. The Balaban J connectivity index is 5.25. The summed E-state index contributed by atoms with van der Waals surface area (Å²) in [6, 6.07) is -4.95. The van der Waals surface area contributed by atoms with Gasteiger partial charge in [0.25, 0.3) is 0 Å². The highest BCUT2D eigenvalue weighted by Gasteiger charge is 2.32. The lowest BCUT2D eigenvalue weighted by molar-refractivity contribution is -0.144. The maximum Gasteiger partial charge on any atom is 0.328 e. The van der Waals surface area contributed by atoms with E-state index in [-0.39, 0.29) is 0 Å². The summed E-state index contributed by atoms with van der Waals surface area (Å²) in [6.07, 6.45) is -2.31. The van der Waals surface area contributed by atoms with Gasteiger partial charge in [-0.2, -0.15) is 0 Å². The van der Waals surface area contributed by atoms with E-state index in [0.29, 0.717) is 0 Å². The monoisotopic (exact) mass is 378 g/mol. The third-order valence-corrected chi connectivity index (χ3v) is 3.08. The molecule has 0 rings (SSSR count). The second-order valence-electron chi connectivity index (χ2n) is 5.23. The molecule has 0 saturated heterocycles. The zero-order chi connectivity index (χ0) is 20.4. The Bertz CT molecular complexity index is 552. The summed E-state index contributed by atoms with van der Waals surface area (Å²) in [6.45, 7) is -0.274. The molecule has 4 atom stereocenters. The van der Waals surface area contributed by atoms with Crippen molar-refractivity contribution in [3.63, 3.8) is 0 Å². The summed E-state index contributed by atoms with van der Waals surface area (Å²) in [5.74, 6) is -6.11. The van der Waals surface area contributed by atoms with Crippen LogP contribution >= 0.6 is 0 Å². The minimum atomic E-state index is -1.72. The number of amides is 3. The van der Waals surface area contributed by atoms with Gasteiger partial charge in [0.05, 0.1) is 25.7 Å². The summed E-state index contributed by atoms with van der Waals surface area (Å²) >= 11 is 0. The number of aliphatic hydroxyl groups excluding tert-OH is 2. The Morgan fingerprint density at radius 3 is 1.88 bits per heavy atom. The first-order valence-electron chi connectivity index (χ1n) is 7.37. The van der Waals surface area contributed by atoms with Crippen molar-refractivity contribution in [3.8, 4) is 0 Å². The van der Waals surface area contributed by atoms with Crippen molar-refractivity contribution in [2.45, 2.75) is 37.6 Å². The molecule has 0 aliphatic rings. The average molecular weight is 378 g/mol. The molecule has 0 aromatic carbocycles. The van der Waals surface area contributed by atoms with Crippen molar-refractivity contribution in [1.82, 2.24) is 16.0 Å². The van der Waals surface area contributed by atoms with Gasteiger partial charge in [0.1, 0.15) is 18.1 Å². The van der Waals surface area contributed by atoms with Crippen LogP contribution in [-0.2, 0) is 24.0 Å². The highest BCUT2D eigenvalue weighted by molar-refractivity contribution is 5.95. The number of nitrogens with one attached hydrogen (secondary N) is 3. The van der Waals surface area contributed by atoms with E-state index in [4.69, 9.17) is 21.1 Å². The van der Waals surface area contributed by atoms with Gasteiger partial charge >= 0.3 is 11.9 Å². The molecule has 26 heavy (non-hydrogen) atoms. The molecule has 0 radical (unpaired) electrons. The van der Waals surface area contributed by atoms with Crippen LogP contribution in [0.3, 0.4) is 0 Å². The molecule has 148 valence electrons. The molecule has 0 aromatic rings. The van der Waals surface area contributed by atoms with Gasteiger partial charge in [-0.15, -0.1) is 0 Å². The number of aliphatic carboxylic acids is 2. The number of rotatable bonds is 11. The molecule has 0 aromatic heterocycles. The summed E-state index contributed by atoms with van der Waals surface area (Å²) in [5, 5.41) is 42.0. The Kier molecular flexibility index (Phi) is 9.80. The van der Waals surface area contributed by atoms with Crippen molar-refractivity contribution < 1.29 is 44.4 Å². The zero-order valence-corrected chi connectivity index (χ0v) is 13.8. The third kappa shape index (κ3) is 7.87. The van der Waals surface area contributed by atoms with E-state index < -0.39 is 73.5 Å². The van der Waals surface area contributed by atoms with Gasteiger partial charge in [0, 0.05) is 0 Å². The molecule has 0 bridgehead atoms. The smallest absolute Gasteiger partial charge is 0.328 e. The van der Waals surface area contributed by atoms with Crippen molar-refractivity contribution in [3.05, 3.63) is 0 Å². The SMILES string of the molecule is CC(O)C(NC(=O)CN)C(=O)NC(CC(=O)O)C(=O)NC(CO)C(=O)O. The van der Waals surface area contributed by atoms with E-state index in [1.807, 2.05) is 10.6 Å². The summed E-state index contributed by atoms with van der Waals surface area (Å²) in [4.78, 5) is 57.2. The fraction of sp³-hybridized carbons (Fsp3) is 0.615. The van der Waals surface area contributed by atoms with Crippen molar-refractivity contribution in [2.24, 2.45) is 5.73 Å². The lowest BCUT2D eigenvalue weighted by Crippen LogP contribution is -2.59. The van der Waals surface area contributed by atoms with E-state index >= 15 is 0 Å². The number of hydrogen-bond acceptors (Lipinski definition) is 8. The Morgan fingerprint density at radius 1 is 0.962 bits per heavy atom. The molecule has 0 saturated carbocycles. The average Bonchev–Trinajstić information content (AvgIpc) is 2.54. The molecule has 9 N–H and O–H groups in total. The molecule has 0 aliphatic heterocycles. The van der Waals surface area contributed by atoms with Crippen LogP contribution in [0.1, 0.15) is 13.3 Å². The second-order valence-corrected chi connectivity index (χ2v) is 5.23. The van der Waals surface area contributed by atoms with Crippen LogP contribution in [0, 0.1) is 0 Å². The third-order valence-electron chi connectivity index (χ3n) is 3.08. The molecular formula is C13H22N4O9. The first-order chi connectivity index (χ1) is 12.0. The number of carbonyl (C=O) groups excluding carboxylic acids is 3. The number of carboxylic acids is 2. The van der Waals surface area contributed by atoms with Crippen LogP contribution in [-0.4, -0.2) is 87.5 Å². The number of hydrogen-bond donors (Lipinski definition) is 8. The molecule has 3 amide bonds. The van der Waals surface area contributed by atoms with Crippen molar-refractivity contribution >= 4 is 29.7 Å². The lowest BCUT2D eigenvalue weighted by Gasteiger charge is -2.24. The molecule has 0 spiro atoms. The first-order valence-corrected chi connectivity index (χ1v) is 7.37. The summed E-state index contributed by atoms with van der Waals surface area (Å²) < 4.78 is 0. The maximum atomic E-state index is 12.2. The molecule has 13 nitrogen and oxygen atoms in total. The van der Waals surface area contributed by atoms with E-state index in [9.17, 15) is 29.1 Å². The fourth-order valence-corrected chi connectivity index (χ4v) is 1.74. The molecule has 0 fully saturated rings. The summed E-state index contributed by atoms with van der Waals surface area (Å²) in [5.41, 5.74) is 5.09. The van der Waals surface area contributed by atoms with Gasteiger partial charge in [-0.25, -0.2) is 4.79 Å². The minimum absolute atomic E-state index is 0.480. The zero-order valence-electron chi connectivity index (χ0n) is 13.8. The van der Waals surface area contributed by atoms with Crippen LogP contribution in [0.2, 0.25) is 0 Å². The Labute approximate surface area is 147 Å². The van der Waals surface area contributed by atoms with Gasteiger partial charge in [-0.05, 0) is 6.92 Å². The predicted molar refractivity (Wildman–Crippen MR) is 83.5 cm³/mol. The van der Waals surface area contributed by atoms with Crippen LogP contribution in [0.15, 0.2) is 0 Å². The predicted octanol–water partition coefficient (Wildman–Crippen LogP) is -4.67. The van der Waals surface area contributed by atoms with Gasteiger partial charge < -0.3 is 42.1 Å². The lowest BCUT2D eigenvalue weighted by atomic mass is 10.1. The number of carboxylic acid groups (broad SMARTS) is 2. The van der Waals surface area contributed by atoms with E-state index in [0.717, 1.165) is 0 Å². The fourth-order valence-electron chi connectivity index (χ4n) is 1.74. The standard InChI is InChI=1S/C13H22N4O9/c1-5(19)10(17-8(20)3-14)12(24)15-6(2-9(21)22)11(23)16-7(4-18)13(25)26/h5-7,10,18-19H,2-4,14H2,1H3,(H,15,24)(H,16,23)(H,17,20)(H,21,22)(H,25,26). The molecule has 4 unspecified atom stereocenters. The summed E-state index contributed by atoms with van der Waals surface area (Å²) in [7, 11) is 0. The largest absolute Gasteiger partial charge is 0.481 e. The van der Waals surface area contributed by atoms with Crippen molar-refractivity contribution in [1.29, 1.82) is 0 Å². The normalized spacial score (nSPS) is 15.1.